The van der Waals surface area contributed by atoms with Crippen LogP contribution in [-0.4, -0.2) is 37.9 Å². The molecule has 0 unspecified atom stereocenters. The van der Waals surface area contributed by atoms with Crippen LogP contribution in [-0.2, 0) is 16.6 Å². The van der Waals surface area contributed by atoms with Crippen molar-refractivity contribution in [3.05, 3.63) is 66.1 Å². The Hall–Kier alpha value is -2.48. The van der Waals surface area contributed by atoms with Crippen molar-refractivity contribution in [1.29, 1.82) is 0 Å². The monoisotopic (exact) mass is 401 g/mol. The highest BCUT2D eigenvalue weighted by Gasteiger charge is 2.22. The maximum absolute atomic E-state index is 14.2. The first kappa shape index (κ1) is 20.3. The summed E-state index contributed by atoms with van der Waals surface area (Å²) in [5.74, 6) is -0.327. The summed E-state index contributed by atoms with van der Waals surface area (Å²) in [6.45, 7) is 2.09. The van der Waals surface area contributed by atoms with E-state index in [2.05, 4.69) is 0 Å². The zero-order valence-corrected chi connectivity index (χ0v) is 17.0. The van der Waals surface area contributed by atoms with Gasteiger partial charge >= 0.3 is 0 Å². The van der Waals surface area contributed by atoms with Gasteiger partial charge in [-0.05, 0) is 36.8 Å². The number of allylic oxidation sites excluding steroid dienone is 1. The Morgan fingerprint density at radius 1 is 1.18 bits per heavy atom. The Bertz CT molecular complexity index is 1130. The van der Waals surface area contributed by atoms with Crippen LogP contribution in [0.1, 0.15) is 5.69 Å². The number of nitrogens with two attached hydrogens (primary N) is 1. The Balaban J connectivity index is 2.32. The molecule has 0 bridgehead atoms. The molecule has 3 rings (SSSR count). The molecule has 3 aromatic rings. The average Bonchev–Trinajstić information content (AvgIpc) is 2.93. The highest BCUT2D eigenvalue weighted by Crippen LogP contribution is 2.36. The summed E-state index contributed by atoms with van der Waals surface area (Å²) in [5, 5.41) is 0.771. The van der Waals surface area contributed by atoms with E-state index in [1.54, 1.807) is 18.2 Å². The second-order valence-electron chi connectivity index (χ2n) is 6.77. The molecule has 28 heavy (non-hydrogen) atoms. The smallest absolute Gasteiger partial charge is 0.242 e. The SMILES string of the molecule is Cc1c(-c2ccccc2)c2cc(S(=O)(=O)N(C)C)ccc2n1C/C(F)=C/CN. The van der Waals surface area contributed by atoms with E-state index >= 15 is 0 Å². The number of nitrogens with zero attached hydrogens (tertiary/aromatic N) is 2. The van der Waals surface area contributed by atoms with Crippen molar-refractivity contribution in [2.45, 2.75) is 18.4 Å². The van der Waals surface area contributed by atoms with Crippen LogP contribution in [0.25, 0.3) is 22.0 Å². The van der Waals surface area contributed by atoms with E-state index < -0.39 is 10.0 Å². The third-order valence-electron chi connectivity index (χ3n) is 4.78. The predicted molar refractivity (Wildman–Crippen MR) is 111 cm³/mol. The minimum atomic E-state index is -3.58. The fraction of sp³-hybridized carbons (Fsp3) is 0.238. The van der Waals surface area contributed by atoms with Crippen LogP contribution >= 0.6 is 0 Å². The molecule has 0 saturated heterocycles. The fourth-order valence-corrected chi connectivity index (χ4v) is 4.28. The zero-order chi connectivity index (χ0) is 20.5. The quantitative estimate of drug-likeness (QED) is 0.685. The lowest BCUT2D eigenvalue weighted by Gasteiger charge is -2.12. The summed E-state index contributed by atoms with van der Waals surface area (Å²) in [4.78, 5) is 0.206. The second kappa shape index (κ2) is 7.87. The van der Waals surface area contributed by atoms with Gasteiger partial charge in [0.05, 0.1) is 11.4 Å². The molecule has 2 aromatic carbocycles. The first-order chi connectivity index (χ1) is 13.3. The Morgan fingerprint density at radius 2 is 1.86 bits per heavy atom. The fourth-order valence-electron chi connectivity index (χ4n) is 3.35. The van der Waals surface area contributed by atoms with Gasteiger partial charge in [0.2, 0.25) is 10.0 Å². The molecule has 0 aliphatic carbocycles. The lowest BCUT2D eigenvalue weighted by atomic mass is 10.0. The number of aromatic nitrogens is 1. The molecule has 0 radical (unpaired) electrons. The number of hydrogen-bond donors (Lipinski definition) is 1. The van der Waals surface area contributed by atoms with Gasteiger partial charge in [-0.15, -0.1) is 0 Å². The zero-order valence-electron chi connectivity index (χ0n) is 16.2. The topological polar surface area (TPSA) is 68.3 Å². The molecule has 0 amide bonds. The molecular weight excluding hydrogens is 377 g/mol. The number of benzene rings is 2. The average molecular weight is 402 g/mol. The lowest BCUT2D eigenvalue weighted by molar-refractivity contribution is 0.521. The molecule has 1 heterocycles. The Kier molecular flexibility index (Phi) is 5.69. The molecular formula is C21H24FN3O2S. The van der Waals surface area contributed by atoms with E-state index in [4.69, 9.17) is 5.73 Å². The summed E-state index contributed by atoms with van der Waals surface area (Å²) in [6.07, 6.45) is 1.35. The minimum Gasteiger partial charge on any atom is -0.337 e. The molecule has 0 aliphatic rings. The number of fused-ring (bicyclic) bond motifs is 1. The number of halogens is 1. The maximum atomic E-state index is 14.2. The van der Waals surface area contributed by atoms with E-state index in [0.717, 1.165) is 27.7 Å². The van der Waals surface area contributed by atoms with Crippen molar-refractivity contribution in [3.8, 4) is 11.1 Å². The van der Waals surface area contributed by atoms with Gasteiger partial charge in [0.15, 0.2) is 0 Å². The number of sulfonamides is 1. The van der Waals surface area contributed by atoms with Gasteiger partial charge in [0.25, 0.3) is 0 Å². The first-order valence-electron chi connectivity index (χ1n) is 8.92. The normalized spacial score (nSPS) is 12.9. The third-order valence-corrected chi connectivity index (χ3v) is 6.60. The van der Waals surface area contributed by atoms with Crippen LogP contribution in [0.2, 0.25) is 0 Å². The maximum Gasteiger partial charge on any atom is 0.242 e. The highest BCUT2D eigenvalue weighted by atomic mass is 32.2. The molecule has 2 N–H and O–H groups in total. The van der Waals surface area contributed by atoms with Crippen molar-refractivity contribution in [2.24, 2.45) is 5.73 Å². The van der Waals surface area contributed by atoms with Gasteiger partial charge in [-0.1, -0.05) is 30.3 Å². The molecule has 0 spiro atoms. The molecule has 0 fully saturated rings. The van der Waals surface area contributed by atoms with Crippen LogP contribution < -0.4 is 5.73 Å². The van der Waals surface area contributed by atoms with Crippen LogP contribution in [0.15, 0.2) is 65.3 Å². The Labute approximate surface area is 164 Å². The predicted octanol–water partition coefficient (Wildman–Crippen LogP) is 3.68. The van der Waals surface area contributed by atoms with Crippen molar-refractivity contribution in [1.82, 2.24) is 8.87 Å². The summed E-state index contributed by atoms with van der Waals surface area (Å²) < 4.78 is 42.5. The van der Waals surface area contributed by atoms with Crippen LogP contribution in [0.3, 0.4) is 0 Å². The van der Waals surface area contributed by atoms with Crippen LogP contribution in [0, 0.1) is 6.92 Å². The summed E-state index contributed by atoms with van der Waals surface area (Å²) in [5.41, 5.74) is 8.91. The van der Waals surface area contributed by atoms with E-state index in [1.165, 1.54) is 24.5 Å². The largest absolute Gasteiger partial charge is 0.337 e. The van der Waals surface area contributed by atoms with Crippen molar-refractivity contribution >= 4 is 20.9 Å². The van der Waals surface area contributed by atoms with E-state index in [-0.39, 0.29) is 23.8 Å². The van der Waals surface area contributed by atoms with Gasteiger partial charge in [0.1, 0.15) is 5.83 Å². The standard InChI is InChI=1S/C21H24FN3O2S/c1-15-21(16-7-5-4-6-8-16)19-13-18(28(26,27)24(2)3)9-10-20(19)25(15)14-17(22)11-12-23/h4-11,13H,12,14,23H2,1-3H3/b17-11-. The molecule has 5 nitrogen and oxygen atoms in total. The molecule has 1 aromatic heterocycles. The van der Waals surface area contributed by atoms with Crippen molar-refractivity contribution in [3.63, 3.8) is 0 Å². The van der Waals surface area contributed by atoms with E-state index in [9.17, 15) is 12.8 Å². The summed E-state index contributed by atoms with van der Waals surface area (Å²) in [6, 6.07) is 14.7. The van der Waals surface area contributed by atoms with Gasteiger partial charge < -0.3 is 10.3 Å². The van der Waals surface area contributed by atoms with Crippen molar-refractivity contribution in [2.75, 3.05) is 20.6 Å². The molecule has 0 atom stereocenters. The highest BCUT2D eigenvalue weighted by molar-refractivity contribution is 7.89. The molecule has 0 aliphatic heterocycles. The van der Waals surface area contributed by atoms with Crippen LogP contribution in [0.5, 0.6) is 0 Å². The first-order valence-corrected chi connectivity index (χ1v) is 10.4. The number of hydrogen-bond acceptors (Lipinski definition) is 3. The van der Waals surface area contributed by atoms with Crippen molar-refractivity contribution < 1.29 is 12.8 Å². The van der Waals surface area contributed by atoms with Gasteiger partial charge in [-0.25, -0.2) is 17.1 Å². The molecule has 7 heteroatoms. The van der Waals surface area contributed by atoms with E-state index in [1.807, 2.05) is 41.8 Å². The van der Waals surface area contributed by atoms with Gasteiger partial charge in [-0.3, -0.25) is 0 Å². The lowest BCUT2D eigenvalue weighted by Crippen LogP contribution is -2.22. The summed E-state index contributed by atoms with van der Waals surface area (Å²) >= 11 is 0. The number of rotatable bonds is 6. The second-order valence-corrected chi connectivity index (χ2v) is 8.92. The molecule has 148 valence electrons. The minimum absolute atomic E-state index is 0.0478. The molecule has 0 saturated carbocycles. The van der Waals surface area contributed by atoms with Gasteiger partial charge in [0, 0.05) is 42.8 Å². The van der Waals surface area contributed by atoms with E-state index in [0.29, 0.717) is 0 Å². The third kappa shape index (κ3) is 3.61. The summed E-state index contributed by atoms with van der Waals surface area (Å²) in [7, 11) is -0.578. The Morgan fingerprint density at radius 3 is 2.46 bits per heavy atom. The van der Waals surface area contributed by atoms with Crippen LogP contribution in [0.4, 0.5) is 4.39 Å². The van der Waals surface area contributed by atoms with Gasteiger partial charge in [-0.2, -0.15) is 0 Å².